The van der Waals surface area contributed by atoms with Gasteiger partial charge in [-0.05, 0) is 115 Å². The van der Waals surface area contributed by atoms with Crippen LogP contribution in [0.2, 0.25) is 32.2 Å². The first-order valence-corrected chi connectivity index (χ1v) is 27.7. The van der Waals surface area contributed by atoms with E-state index in [1.807, 2.05) is 79.3 Å². The zero-order valence-electron chi connectivity index (χ0n) is 33.4. The Morgan fingerprint density at radius 1 is 0.600 bits per heavy atom. The van der Waals surface area contributed by atoms with E-state index < -0.39 is 36.4 Å². The third-order valence-electron chi connectivity index (χ3n) is 9.63. The van der Waals surface area contributed by atoms with Crippen LogP contribution in [-0.4, -0.2) is 55.6 Å². The highest BCUT2D eigenvalue weighted by Crippen LogP contribution is 2.28. The van der Waals surface area contributed by atoms with Gasteiger partial charge in [-0.1, -0.05) is 107 Å². The number of hydrogen-bond acceptors (Lipinski definition) is 8. The number of rotatable bonds is 19. The van der Waals surface area contributed by atoms with Gasteiger partial charge >= 0.3 is 42.4 Å². The first-order valence-electron chi connectivity index (χ1n) is 19.7. The molecule has 1 atom stereocenters. The minimum atomic E-state index is -2.23. The minimum absolute atomic E-state index is 0.388. The molecule has 5 rings (SSSR count). The second kappa shape index (κ2) is 21.8. The van der Waals surface area contributed by atoms with Crippen LogP contribution >= 0.6 is 0 Å². The van der Waals surface area contributed by atoms with Crippen LogP contribution in [0.25, 0.3) is 22.3 Å². The molecular formula is C43H57O8Si4. The number of esters is 1. The Bertz CT molecular complexity index is 1710. The van der Waals surface area contributed by atoms with E-state index in [0.29, 0.717) is 30.4 Å². The number of ether oxygens (including phenoxy) is 3. The summed E-state index contributed by atoms with van der Waals surface area (Å²) in [7, 11) is -6.08. The molecule has 0 aromatic heterocycles. The summed E-state index contributed by atoms with van der Waals surface area (Å²) in [5.41, 5.74) is 4.70. The van der Waals surface area contributed by atoms with E-state index in [9.17, 15) is 4.79 Å². The molecule has 0 amide bonds. The third kappa shape index (κ3) is 14.3. The van der Waals surface area contributed by atoms with Crippen molar-refractivity contribution in [2.24, 2.45) is 5.92 Å². The number of carbonyl (C=O) groups is 1. The van der Waals surface area contributed by atoms with Gasteiger partial charge in [0.05, 0.1) is 18.8 Å². The Morgan fingerprint density at radius 3 is 1.55 bits per heavy atom. The molecule has 4 aromatic rings. The summed E-state index contributed by atoms with van der Waals surface area (Å²) in [5, 5.41) is 0. The van der Waals surface area contributed by atoms with E-state index in [4.69, 9.17) is 30.7 Å². The molecule has 8 nitrogen and oxygen atoms in total. The van der Waals surface area contributed by atoms with E-state index in [1.165, 1.54) is 32.1 Å². The Kier molecular flexibility index (Phi) is 17.0. The Morgan fingerprint density at radius 2 is 1.04 bits per heavy atom. The van der Waals surface area contributed by atoms with Crippen molar-refractivity contribution >= 4 is 42.4 Å². The maximum atomic E-state index is 12.9. The highest BCUT2D eigenvalue weighted by molar-refractivity contribution is 6.81. The lowest BCUT2D eigenvalue weighted by molar-refractivity contribution is 0.0734. The summed E-state index contributed by atoms with van der Waals surface area (Å²) in [4.78, 5) is 12.9. The maximum Gasteiger partial charge on any atom is 0.362 e. The summed E-state index contributed by atoms with van der Waals surface area (Å²) in [6, 6.07) is 32.3. The SMILES string of the molecule is CCC(C)COc1ccc(-c2ccc(OC(=O)c3ccc(-c4ccc(OCCCCCCCCC[Si]5(C)O[Si](C)O[Si](C)O[Si](C)O5)cc4)cc3)cc2)cc1. The molecule has 1 saturated heterocycles. The van der Waals surface area contributed by atoms with Gasteiger partial charge in [-0.15, -0.1) is 0 Å². The van der Waals surface area contributed by atoms with Gasteiger partial charge in [0, 0.05) is 0 Å². The highest BCUT2D eigenvalue weighted by Gasteiger charge is 2.40. The number of hydrogen-bond donors (Lipinski definition) is 0. The van der Waals surface area contributed by atoms with Crippen LogP contribution in [-0.2, 0) is 16.5 Å². The quantitative estimate of drug-likeness (QED) is 0.0401. The van der Waals surface area contributed by atoms with Crippen LogP contribution in [0, 0.1) is 5.92 Å². The second-order valence-electron chi connectivity index (χ2n) is 14.5. The Hall–Kier alpha value is -3.34. The Labute approximate surface area is 335 Å². The van der Waals surface area contributed by atoms with Crippen molar-refractivity contribution in [3.8, 4) is 39.5 Å². The van der Waals surface area contributed by atoms with Gasteiger partial charge in [-0.2, -0.15) is 0 Å². The van der Waals surface area contributed by atoms with Crippen LogP contribution in [0.1, 0.15) is 75.6 Å². The summed E-state index contributed by atoms with van der Waals surface area (Å²) < 4.78 is 42.2. The summed E-state index contributed by atoms with van der Waals surface area (Å²) in [6.07, 6.45) is 9.33. The van der Waals surface area contributed by atoms with Crippen LogP contribution in [0.4, 0.5) is 0 Å². The normalized spacial score (nSPS) is 15.9. The minimum Gasteiger partial charge on any atom is -0.494 e. The molecule has 0 N–H and O–H groups in total. The lowest BCUT2D eigenvalue weighted by Gasteiger charge is -2.35. The number of benzene rings is 4. The molecule has 1 aliphatic heterocycles. The summed E-state index contributed by atoms with van der Waals surface area (Å²) >= 11 is 0. The number of unbranched alkanes of at least 4 members (excludes halogenated alkanes) is 6. The highest BCUT2D eigenvalue weighted by atomic mass is 28.5. The standard InChI is InChI=1S/C43H57O8Si4/c1-7-34(2)33-46-41-27-21-37(22-28-41)38-23-29-42(30-24-38)47-43(44)39-17-15-35(16-18-39)36-19-25-40(26-20-36)45-31-13-11-9-8-10-12-14-32-55(6)50-53(4)48-52(3)49-54(5)51-55/h15-30,34H,7-14,31-33H2,1-6H3. The molecule has 55 heavy (non-hydrogen) atoms. The van der Waals surface area contributed by atoms with Crippen molar-refractivity contribution in [1.82, 2.24) is 0 Å². The van der Waals surface area contributed by atoms with E-state index in [-0.39, 0.29) is 5.97 Å². The van der Waals surface area contributed by atoms with Crippen molar-refractivity contribution < 1.29 is 35.5 Å². The van der Waals surface area contributed by atoms with E-state index >= 15 is 0 Å². The predicted octanol–water partition coefficient (Wildman–Crippen LogP) is 11.3. The van der Waals surface area contributed by atoms with Crippen LogP contribution < -0.4 is 14.2 Å². The largest absolute Gasteiger partial charge is 0.494 e. The van der Waals surface area contributed by atoms with Gasteiger partial charge in [0.2, 0.25) is 0 Å². The molecule has 3 radical (unpaired) electrons. The van der Waals surface area contributed by atoms with Gasteiger partial charge in [0.15, 0.2) is 0 Å². The first-order chi connectivity index (χ1) is 26.6. The van der Waals surface area contributed by atoms with Crippen molar-refractivity contribution in [3.05, 3.63) is 103 Å². The number of carbonyl (C=O) groups excluding carboxylic acids is 1. The zero-order chi connectivity index (χ0) is 39.0. The van der Waals surface area contributed by atoms with Crippen molar-refractivity contribution in [2.75, 3.05) is 13.2 Å². The zero-order valence-corrected chi connectivity index (χ0v) is 37.4. The predicted molar refractivity (Wildman–Crippen MR) is 227 cm³/mol. The molecule has 0 saturated carbocycles. The van der Waals surface area contributed by atoms with Gasteiger partial charge in [0.25, 0.3) is 0 Å². The topological polar surface area (TPSA) is 81.7 Å². The molecule has 1 fully saturated rings. The molecule has 0 spiro atoms. The average molecular weight is 814 g/mol. The summed E-state index contributed by atoms with van der Waals surface area (Å²) in [6.45, 7) is 14.1. The molecule has 12 heteroatoms. The fraction of sp³-hybridized carbons (Fsp3) is 0.419. The molecule has 1 heterocycles. The van der Waals surface area contributed by atoms with Gasteiger partial charge in [-0.25, -0.2) is 4.79 Å². The molecule has 0 bridgehead atoms. The molecule has 0 aliphatic carbocycles. The fourth-order valence-corrected chi connectivity index (χ4v) is 18.3. The van der Waals surface area contributed by atoms with Gasteiger partial charge in [0.1, 0.15) is 17.2 Å². The van der Waals surface area contributed by atoms with E-state index in [2.05, 4.69) is 45.6 Å². The maximum absolute atomic E-state index is 12.9. The van der Waals surface area contributed by atoms with Gasteiger partial charge in [-0.3, -0.25) is 0 Å². The smallest absolute Gasteiger partial charge is 0.362 e. The summed E-state index contributed by atoms with van der Waals surface area (Å²) in [5.74, 6) is 2.39. The van der Waals surface area contributed by atoms with Crippen molar-refractivity contribution in [1.29, 1.82) is 0 Å². The first kappa shape index (κ1) is 42.8. The van der Waals surface area contributed by atoms with Crippen LogP contribution in [0.5, 0.6) is 17.2 Å². The third-order valence-corrected chi connectivity index (χ3v) is 21.2. The van der Waals surface area contributed by atoms with Crippen molar-refractivity contribution in [3.63, 3.8) is 0 Å². The molecule has 1 aliphatic rings. The fourth-order valence-electron chi connectivity index (χ4n) is 6.34. The van der Waals surface area contributed by atoms with E-state index in [1.54, 1.807) is 12.1 Å². The van der Waals surface area contributed by atoms with Crippen molar-refractivity contribution in [2.45, 2.75) is 97.4 Å². The second-order valence-corrected chi connectivity index (χ2v) is 23.4. The monoisotopic (exact) mass is 813 g/mol. The van der Waals surface area contributed by atoms with Gasteiger partial charge < -0.3 is 30.7 Å². The van der Waals surface area contributed by atoms with E-state index in [0.717, 1.165) is 59.1 Å². The molecule has 1 unspecified atom stereocenters. The van der Waals surface area contributed by atoms with Crippen LogP contribution in [0.15, 0.2) is 97.1 Å². The Balaban J connectivity index is 0.957. The lowest BCUT2D eigenvalue weighted by Crippen LogP contribution is -2.52. The molecule has 4 aromatic carbocycles. The molecule has 293 valence electrons. The van der Waals surface area contributed by atoms with Crippen LogP contribution in [0.3, 0.4) is 0 Å². The average Bonchev–Trinajstić information content (AvgIpc) is 3.17. The lowest BCUT2D eigenvalue weighted by atomic mass is 10.0. The molecular weight excluding hydrogens is 757 g/mol.